The van der Waals surface area contributed by atoms with Crippen molar-refractivity contribution in [1.82, 2.24) is 4.90 Å². The lowest BCUT2D eigenvalue weighted by molar-refractivity contribution is -0.137. The minimum atomic E-state index is -0.704. The number of nitrogens with zero attached hydrogens (tertiary/aromatic N) is 1. The number of carboxylic acids is 1. The number of unbranched alkanes of at least 4 members (excludes halogenated alkanes) is 7. The van der Waals surface area contributed by atoms with Crippen molar-refractivity contribution in [2.75, 3.05) is 26.2 Å². The Labute approximate surface area is 124 Å². The average molecular weight is 287 g/mol. The normalized spacial score (nSPS) is 11.2. The summed E-state index contributed by atoms with van der Waals surface area (Å²) in [7, 11) is 0. The number of carboxylic acid groups (broad SMARTS) is 1. The Bertz CT molecular complexity index is 222. The van der Waals surface area contributed by atoms with E-state index in [0.29, 0.717) is 0 Å². The van der Waals surface area contributed by atoms with Gasteiger partial charge in [0.25, 0.3) is 0 Å². The largest absolute Gasteiger partial charge is 0.481 e. The molecule has 2 N–H and O–H groups in total. The molecule has 4 nitrogen and oxygen atoms in total. The molecule has 0 aromatic rings. The third-order valence-electron chi connectivity index (χ3n) is 3.61. The van der Waals surface area contributed by atoms with Crippen LogP contribution in [0.1, 0.15) is 71.1 Å². The first-order valence-electron chi connectivity index (χ1n) is 8.25. The SMILES string of the molecule is CCCCCCCCN(CCO)CCCCCC(=O)O. The molecule has 120 valence electrons. The Morgan fingerprint density at radius 1 is 0.850 bits per heavy atom. The molecule has 0 spiro atoms. The lowest BCUT2D eigenvalue weighted by Gasteiger charge is -2.21. The van der Waals surface area contributed by atoms with Crippen molar-refractivity contribution in [3.05, 3.63) is 0 Å². The second-order valence-corrected chi connectivity index (χ2v) is 5.54. The van der Waals surface area contributed by atoms with Gasteiger partial charge in [-0.05, 0) is 32.4 Å². The van der Waals surface area contributed by atoms with Crippen LogP contribution in [0, 0.1) is 0 Å². The van der Waals surface area contributed by atoms with E-state index in [4.69, 9.17) is 10.2 Å². The summed E-state index contributed by atoms with van der Waals surface area (Å²) in [6.45, 7) is 5.23. The number of aliphatic hydroxyl groups is 1. The minimum Gasteiger partial charge on any atom is -0.481 e. The molecule has 0 aliphatic heterocycles. The van der Waals surface area contributed by atoms with Crippen molar-refractivity contribution >= 4 is 5.97 Å². The molecular formula is C16H33NO3. The maximum absolute atomic E-state index is 10.4. The Kier molecular flexibility index (Phi) is 14.3. The van der Waals surface area contributed by atoms with Gasteiger partial charge < -0.3 is 15.1 Å². The van der Waals surface area contributed by atoms with Gasteiger partial charge in [0.1, 0.15) is 0 Å². The first kappa shape index (κ1) is 19.4. The van der Waals surface area contributed by atoms with Crippen molar-refractivity contribution in [1.29, 1.82) is 0 Å². The number of carbonyl (C=O) groups is 1. The highest BCUT2D eigenvalue weighted by molar-refractivity contribution is 5.66. The Morgan fingerprint density at radius 3 is 1.95 bits per heavy atom. The van der Waals surface area contributed by atoms with Crippen LogP contribution in [0.25, 0.3) is 0 Å². The fourth-order valence-electron chi connectivity index (χ4n) is 2.38. The topological polar surface area (TPSA) is 60.8 Å². The van der Waals surface area contributed by atoms with Gasteiger partial charge in [0, 0.05) is 13.0 Å². The minimum absolute atomic E-state index is 0.213. The maximum Gasteiger partial charge on any atom is 0.303 e. The molecule has 0 aliphatic carbocycles. The van der Waals surface area contributed by atoms with Gasteiger partial charge in [0.2, 0.25) is 0 Å². The smallest absolute Gasteiger partial charge is 0.303 e. The predicted molar refractivity (Wildman–Crippen MR) is 83.0 cm³/mol. The first-order valence-corrected chi connectivity index (χ1v) is 8.25. The van der Waals surface area contributed by atoms with Crippen LogP contribution in [0.15, 0.2) is 0 Å². The summed E-state index contributed by atoms with van der Waals surface area (Å²) in [5, 5.41) is 17.6. The van der Waals surface area contributed by atoms with Crippen LogP contribution >= 0.6 is 0 Å². The van der Waals surface area contributed by atoms with Crippen LogP contribution in [0.3, 0.4) is 0 Å². The molecule has 0 rings (SSSR count). The highest BCUT2D eigenvalue weighted by Crippen LogP contribution is 2.07. The molecule has 0 aromatic heterocycles. The fraction of sp³-hybridized carbons (Fsp3) is 0.938. The van der Waals surface area contributed by atoms with Crippen LogP contribution < -0.4 is 0 Å². The number of hydrogen-bond acceptors (Lipinski definition) is 3. The molecule has 0 unspecified atom stereocenters. The van der Waals surface area contributed by atoms with Crippen LogP contribution in [-0.4, -0.2) is 47.3 Å². The second kappa shape index (κ2) is 14.8. The zero-order valence-electron chi connectivity index (χ0n) is 13.1. The van der Waals surface area contributed by atoms with E-state index < -0.39 is 5.97 Å². The maximum atomic E-state index is 10.4. The molecule has 0 aromatic carbocycles. The number of aliphatic hydroxyl groups excluding tert-OH is 1. The molecule has 4 heteroatoms. The molecule has 0 fully saturated rings. The van der Waals surface area contributed by atoms with Crippen molar-refractivity contribution in [3.8, 4) is 0 Å². The summed E-state index contributed by atoms with van der Waals surface area (Å²) in [6, 6.07) is 0. The van der Waals surface area contributed by atoms with Crippen LogP contribution in [0.4, 0.5) is 0 Å². The van der Waals surface area contributed by atoms with Gasteiger partial charge in [-0.3, -0.25) is 4.79 Å². The van der Waals surface area contributed by atoms with Crippen molar-refractivity contribution < 1.29 is 15.0 Å². The fourth-order valence-corrected chi connectivity index (χ4v) is 2.38. The number of hydrogen-bond donors (Lipinski definition) is 2. The molecular weight excluding hydrogens is 254 g/mol. The van der Waals surface area contributed by atoms with E-state index in [-0.39, 0.29) is 13.0 Å². The summed E-state index contributed by atoms with van der Waals surface area (Å²) in [5.41, 5.74) is 0. The lowest BCUT2D eigenvalue weighted by atomic mass is 10.1. The molecule has 0 heterocycles. The average Bonchev–Trinajstić information content (AvgIpc) is 2.41. The Hall–Kier alpha value is -0.610. The summed E-state index contributed by atoms with van der Waals surface area (Å²) in [6.07, 6.45) is 10.8. The summed E-state index contributed by atoms with van der Waals surface area (Å²) >= 11 is 0. The molecule has 0 bridgehead atoms. The van der Waals surface area contributed by atoms with Crippen LogP contribution in [0.2, 0.25) is 0 Å². The molecule has 0 saturated heterocycles. The predicted octanol–water partition coefficient (Wildman–Crippen LogP) is 3.29. The molecule has 0 atom stereocenters. The van der Waals surface area contributed by atoms with E-state index in [2.05, 4.69) is 11.8 Å². The Morgan fingerprint density at radius 2 is 1.40 bits per heavy atom. The standard InChI is InChI=1S/C16H33NO3/c1-2-3-4-5-6-9-12-17(14-15-18)13-10-7-8-11-16(19)20/h18H,2-15H2,1H3,(H,19,20). The number of aliphatic carboxylic acids is 1. The van der Waals surface area contributed by atoms with E-state index in [1.54, 1.807) is 0 Å². The highest BCUT2D eigenvalue weighted by Gasteiger charge is 2.04. The van der Waals surface area contributed by atoms with Crippen molar-refractivity contribution in [2.45, 2.75) is 71.1 Å². The first-order chi connectivity index (χ1) is 9.70. The van der Waals surface area contributed by atoms with Gasteiger partial charge in [-0.15, -0.1) is 0 Å². The molecule has 0 amide bonds. The van der Waals surface area contributed by atoms with E-state index >= 15 is 0 Å². The molecule has 0 saturated carbocycles. The van der Waals surface area contributed by atoms with Gasteiger partial charge in [0.05, 0.1) is 6.61 Å². The van der Waals surface area contributed by atoms with E-state index in [9.17, 15) is 4.79 Å². The van der Waals surface area contributed by atoms with E-state index in [0.717, 1.165) is 38.9 Å². The zero-order valence-corrected chi connectivity index (χ0v) is 13.1. The van der Waals surface area contributed by atoms with Crippen molar-refractivity contribution in [2.24, 2.45) is 0 Å². The van der Waals surface area contributed by atoms with Crippen molar-refractivity contribution in [3.63, 3.8) is 0 Å². The van der Waals surface area contributed by atoms with Gasteiger partial charge in [0.15, 0.2) is 0 Å². The molecule has 0 radical (unpaired) electrons. The quantitative estimate of drug-likeness (QED) is 0.454. The van der Waals surface area contributed by atoms with Gasteiger partial charge in [-0.25, -0.2) is 0 Å². The molecule has 0 aliphatic rings. The number of rotatable bonds is 15. The van der Waals surface area contributed by atoms with Crippen LogP contribution in [-0.2, 0) is 4.79 Å². The van der Waals surface area contributed by atoms with Gasteiger partial charge >= 0.3 is 5.97 Å². The van der Waals surface area contributed by atoms with E-state index in [1.807, 2.05) is 0 Å². The van der Waals surface area contributed by atoms with Gasteiger partial charge in [-0.2, -0.15) is 0 Å². The zero-order chi connectivity index (χ0) is 15.1. The third kappa shape index (κ3) is 13.8. The summed E-state index contributed by atoms with van der Waals surface area (Å²) < 4.78 is 0. The molecule has 20 heavy (non-hydrogen) atoms. The summed E-state index contributed by atoms with van der Waals surface area (Å²) in [5.74, 6) is -0.704. The second-order valence-electron chi connectivity index (χ2n) is 5.54. The highest BCUT2D eigenvalue weighted by atomic mass is 16.4. The lowest BCUT2D eigenvalue weighted by Crippen LogP contribution is -2.29. The summed E-state index contributed by atoms with van der Waals surface area (Å²) in [4.78, 5) is 12.7. The van der Waals surface area contributed by atoms with E-state index in [1.165, 1.54) is 38.5 Å². The third-order valence-corrected chi connectivity index (χ3v) is 3.61. The Balaban J connectivity index is 3.52. The monoisotopic (exact) mass is 287 g/mol. The van der Waals surface area contributed by atoms with Gasteiger partial charge in [-0.1, -0.05) is 45.4 Å². The van der Waals surface area contributed by atoms with Crippen LogP contribution in [0.5, 0.6) is 0 Å².